The van der Waals surface area contributed by atoms with Crippen molar-refractivity contribution in [1.82, 2.24) is 9.88 Å². The maximum Gasteiger partial charge on any atom is 0.323 e. The highest BCUT2D eigenvalue weighted by Gasteiger charge is 2.17. The van der Waals surface area contributed by atoms with E-state index >= 15 is 0 Å². The lowest BCUT2D eigenvalue weighted by Gasteiger charge is -2.26. The zero-order chi connectivity index (χ0) is 14.7. The molecular formula is C15H18N4OS. The minimum atomic E-state index is -0.0587. The lowest BCUT2D eigenvalue weighted by atomic mass is 10.1. The van der Waals surface area contributed by atoms with Gasteiger partial charge in [0, 0.05) is 29.7 Å². The zero-order valence-corrected chi connectivity index (χ0v) is 12.5. The van der Waals surface area contributed by atoms with Crippen LogP contribution in [0.15, 0.2) is 29.6 Å². The van der Waals surface area contributed by atoms with Gasteiger partial charge in [0.2, 0.25) is 0 Å². The number of nitrogens with one attached hydrogen (secondary N) is 1. The van der Waals surface area contributed by atoms with E-state index in [-0.39, 0.29) is 6.03 Å². The summed E-state index contributed by atoms with van der Waals surface area (Å²) in [4.78, 5) is 18.4. The van der Waals surface area contributed by atoms with E-state index < -0.39 is 0 Å². The van der Waals surface area contributed by atoms with Crippen LogP contribution in [0.5, 0.6) is 0 Å². The molecule has 3 rings (SSSR count). The number of likely N-dealkylation sites (tertiary alicyclic amines) is 1. The van der Waals surface area contributed by atoms with Crippen LogP contribution in [0.2, 0.25) is 0 Å². The second-order valence-electron chi connectivity index (χ2n) is 5.10. The fourth-order valence-corrected chi connectivity index (χ4v) is 3.15. The Kier molecular flexibility index (Phi) is 4.06. The number of hydrogen-bond donors (Lipinski definition) is 2. The van der Waals surface area contributed by atoms with Gasteiger partial charge in [-0.25, -0.2) is 9.78 Å². The summed E-state index contributed by atoms with van der Waals surface area (Å²) in [6.07, 6.45) is 3.37. The van der Waals surface area contributed by atoms with Crippen LogP contribution in [-0.4, -0.2) is 29.0 Å². The van der Waals surface area contributed by atoms with Gasteiger partial charge in [-0.05, 0) is 25.3 Å². The van der Waals surface area contributed by atoms with Crippen molar-refractivity contribution in [3.8, 4) is 11.3 Å². The number of nitrogens with zero attached hydrogens (tertiary/aromatic N) is 2. The Balaban J connectivity index is 1.70. The van der Waals surface area contributed by atoms with E-state index in [1.54, 1.807) is 0 Å². The van der Waals surface area contributed by atoms with Crippen LogP contribution < -0.4 is 11.1 Å². The zero-order valence-electron chi connectivity index (χ0n) is 11.7. The van der Waals surface area contributed by atoms with E-state index in [9.17, 15) is 4.79 Å². The molecule has 0 bridgehead atoms. The van der Waals surface area contributed by atoms with Crippen molar-refractivity contribution < 1.29 is 4.79 Å². The molecule has 3 N–H and O–H groups in total. The Bertz CT molecular complexity index is 634. The summed E-state index contributed by atoms with van der Waals surface area (Å²) >= 11 is 1.42. The average Bonchev–Trinajstić information content (AvgIpc) is 2.97. The van der Waals surface area contributed by atoms with Crippen LogP contribution in [0.4, 0.5) is 15.6 Å². The fraction of sp³-hybridized carbons (Fsp3) is 0.333. The smallest absolute Gasteiger partial charge is 0.323 e. The summed E-state index contributed by atoms with van der Waals surface area (Å²) in [5.41, 5.74) is 8.33. The van der Waals surface area contributed by atoms with Crippen molar-refractivity contribution >= 4 is 28.2 Å². The standard InChI is InChI=1S/C15H18N4OS/c16-12-7-3-2-6-11(12)13-10-21-14(17-13)18-15(20)19-8-4-1-5-9-19/h2-3,6-7,10H,1,4-5,8-9,16H2,(H,17,18,20). The van der Waals surface area contributed by atoms with Gasteiger partial charge in [0.05, 0.1) is 5.69 Å². The highest BCUT2D eigenvalue weighted by Crippen LogP contribution is 2.29. The van der Waals surface area contributed by atoms with Gasteiger partial charge in [-0.15, -0.1) is 11.3 Å². The Labute approximate surface area is 127 Å². The minimum Gasteiger partial charge on any atom is -0.398 e. The van der Waals surface area contributed by atoms with Gasteiger partial charge in [0.15, 0.2) is 5.13 Å². The SMILES string of the molecule is Nc1ccccc1-c1csc(NC(=O)N2CCCCC2)n1. The van der Waals surface area contributed by atoms with Crippen molar-refractivity contribution in [2.75, 3.05) is 24.1 Å². The molecule has 1 aliphatic rings. The molecule has 2 amide bonds. The Morgan fingerprint density at radius 2 is 2.00 bits per heavy atom. The summed E-state index contributed by atoms with van der Waals surface area (Å²) in [5.74, 6) is 0. The third-order valence-corrected chi connectivity index (χ3v) is 4.36. The third kappa shape index (κ3) is 3.16. The van der Waals surface area contributed by atoms with Gasteiger partial charge in [0.25, 0.3) is 0 Å². The van der Waals surface area contributed by atoms with Crippen LogP contribution in [0.3, 0.4) is 0 Å². The summed E-state index contributed by atoms with van der Waals surface area (Å²) < 4.78 is 0. The summed E-state index contributed by atoms with van der Waals surface area (Å²) in [6, 6.07) is 7.54. The normalized spacial score (nSPS) is 15.0. The van der Waals surface area contributed by atoms with Gasteiger partial charge >= 0.3 is 6.03 Å². The molecule has 0 aliphatic carbocycles. The predicted octanol–water partition coefficient (Wildman–Crippen LogP) is 3.41. The number of hydrogen-bond acceptors (Lipinski definition) is 4. The largest absolute Gasteiger partial charge is 0.398 e. The number of amides is 2. The number of urea groups is 1. The first kappa shape index (κ1) is 13.9. The molecule has 0 unspecified atom stereocenters. The number of carbonyl (C=O) groups is 1. The highest BCUT2D eigenvalue weighted by atomic mass is 32.1. The molecule has 110 valence electrons. The van der Waals surface area contributed by atoms with Crippen molar-refractivity contribution in [1.29, 1.82) is 0 Å². The van der Waals surface area contributed by atoms with Crippen LogP contribution in [0.25, 0.3) is 11.3 Å². The molecule has 1 fully saturated rings. The number of benzene rings is 1. The molecule has 0 spiro atoms. The molecule has 6 heteroatoms. The van der Waals surface area contributed by atoms with E-state index in [0.717, 1.165) is 37.2 Å². The molecular weight excluding hydrogens is 284 g/mol. The quantitative estimate of drug-likeness (QED) is 0.835. The Hall–Kier alpha value is -2.08. The van der Waals surface area contributed by atoms with E-state index in [1.807, 2.05) is 34.5 Å². The van der Waals surface area contributed by atoms with E-state index in [4.69, 9.17) is 5.73 Å². The number of rotatable bonds is 2. The van der Waals surface area contributed by atoms with Gasteiger partial charge in [-0.1, -0.05) is 18.2 Å². The van der Waals surface area contributed by atoms with Gasteiger partial charge < -0.3 is 10.6 Å². The molecule has 2 aromatic rings. The third-order valence-electron chi connectivity index (χ3n) is 3.60. The number of thiazole rings is 1. The number of carbonyl (C=O) groups excluding carboxylic acids is 1. The number of nitrogens with two attached hydrogens (primary N) is 1. The molecule has 1 aromatic heterocycles. The molecule has 0 atom stereocenters. The average molecular weight is 302 g/mol. The summed E-state index contributed by atoms with van der Waals surface area (Å²) in [6.45, 7) is 1.66. The number of para-hydroxylation sites is 1. The molecule has 5 nitrogen and oxygen atoms in total. The first-order valence-electron chi connectivity index (χ1n) is 7.10. The maximum absolute atomic E-state index is 12.1. The number of anilines is 2. The van der Waals surface area contributed by atoms with Crippen LogP contribution in [0.1, 0.15) is 19.3 Å². The van der Waals surface area contributed by atoms with Gasteiger partial charge in [0.1, 0.15) is 0 Å². The van der Waals surface area contributed by atoms with E-state index in [1.165, 1.54) is 17.8 Å². The molecule has 21 heavy (non-hydrogen) atoms. The lowest BCUT2D eigenvalue weighted by molar-refractivity contribution is 0.200. The van der Waals surface area contributed by atoms with Crippen molar-refractivity contribution in [2.24, 2.45) is 0 Å². The topological polar surface area (TPSA) is 71.2 Å². The van der Waals surface area contributed by atoms with Crippen LogP contribution >= 0.6 is 11.3 Å². The number of piperidine rings is 1. The highest BCUT2D eigenvalue weighted by molar-refractivity contribution is 7.14. The first-order chi connectivity index (χ1) is 10.2. The van der Waals surface area contributed by atoms with Gasteiger partial charge in [-0.3, -0.25) is 5.32 Å². The van der Waals surface area contributed by atoms with Crippen molar-refractivity contribution in [3.63, 3.8) is 0 Å². The number of nitrogen functional groups attached to an aromatic ring is 1. The van der Waals surface area contributed by atoms with E-state index in [0.29, 0.717) is 10.8 Å². The Morgan fingerprint density at radius 1 is 1.24 bits per heavy atom. The predicted molar refractivity (Wildman–Crippen MR) is 86.4 cm³/mol. The molecule has 0 saturated carbocycles. The molecule has 1 aromatic carbocycles. The molecule has 1 aliphatic heterocycles. The number of aromatic nitrogens is 1. The fourth-order valence-electron chi connectivity index (χ4n) is 2.45. The minimum absolute atomic E-state index is 0.0587. The van der Waals surface area contributed by atoms with Crippen molar-refractivity contribution in [2.45, 2.75) is 19.3 Å². The molecule has 0 radical (unpaired) electrons. The second-order valence-corrected chi connectivity index (χ2v) is 5.96. The first-order valence-corrected chi connectivity index (χ1v) is 7.98. The van der Waals surface area contributed by atoms with Gasteiger partial charge in [-0.2, -0.15) is 0 Å². The van der Waals surface area contributed by atoms with E-state index in [2.05, 4.69) is 10.3 Å². The van der Waals surface area contributed by atoms with Crippen LogP contribution in [0, 0.1) is 0 Å². The lowest BCUT2D eigenvalue weighted by Crippen LogP contribution is -2.38. The molecule has 1 saturated heterocycles. The van der Waals surface area contributed by atoms with Crippen molar-refractivity contribution in [3.05, 3.63) is 29.6 Å². The monoisotopic (exact) mass is 302 g/mol. The Morgan fingerprint density at radius 3 is 2.76 bits per heavy atom. The summed E-state index contributed by atoms with van der Waals surface area (Å²) in [7, 11) is 0. The van der Waals surface area contributed by atoms with Crippen LogP contribution in [-0.2, 0) is 0 Å². The second kappa shape index (κ2) is 6.13. The molecule has 2 heterocycles. The maximum atomic E-state index is 12.1. The summed E-state index contributed by atoms with van der Waals surface area (Å²) in [5, 5.41) is 5.40.